The molecule has 0 aliphatic heterocycles. The lowest BCUT2D eigenvalue weighted by atomic mass is 10.0. The lowest BCUT2D eigenvalue weighted by molar-refractivity contribution is -0.155. The summed E-state index contributed by atoms with van der Waals surface area (Å²) in [5.41, 5.74) is 0.628. The molecule has 1 aromatic rings. The molecular weight excluding hydrogens is 379 g/mol. The number of hydrogen-bond donors (Lipinski definition) is 0. The molecule has 0 saturated carbocycles. The molecule has 0 fully saturated rings. The highest BCUT2D eigenvalue weighted by Gasteiger charge is 2.27. The van der Waals surface area contributed by atoms with E-state index in [1.807, 2.05) is 6.92 Å². The van der Waals surface area contributed by atoms with Crippen LogP contribution < -0.4 is 0 Å². The van der Waals surface area contributed by atoms with Crippen LogP contribution in [0.15, 0.2) is 18.2 Å². The number of ether oxygens (including phenoxy) is 1. The van der Waals surface area contributed by atoms with E-state index in [9.17, 15) is 9.18 Å². The van der Waals surface area contributed by atoms with Gasteiger partial charge in [-0.25, -0.2) is 4.39 Å². The van der Waals surface area contributed by atoms with Crippen molar-refractivity contribution in [3.05, 3.63) is 35.1 Å². The summed E-state index contributed by atoms with van der Waals surface area (Å²) >= 11 is 6.70. The monoisotopic (exact) mass is 394 g/mol. The van der Waals surface area contributed by atoms with Gasteiger partial charge in [0.2, 0.25) is 0 Å². The zero-order valence-electron chi connectivity index (χ0n) is 11.0. The molecule has 2 nitrogen and oxygen atoms in total. The largest absolute Gasteiger partial charge is 0.458 e. The predicted molar refractivity (Wildman–Crippen MR) is 81.5 cm³/mol. The van der Waals surface area contributed by atoms with Crippen LogP contribution in [0, 0.1) is 12.7 Å². The summed E-state index contributed by atoms with van der Waals surface area (Å²) in [7, 11) is 0. The van der Waals surface area contributed by atoms with Crippen molar-refractivity contribution in [2.45, 2.75) is 32.3 Å². The Labute approximate surface area is 130 Å². The molecule has 0 N–H and O–H groups in total. The molecule has 0 aliphatic rings. The summed E-state index contributed by atoms with van der Waals surface area (Å²) in [5, 5.41) is 1.32. The van der Waals surface area contributed by atoms with E-state index < -0.39 is 5.60 Å². The van der Waals surface area contributed by atoms with Gasteiger partial charge in [0.1, 0.15) is 11.4 Å². The van der Waals surface area contributed by atoms with E-state index >= 15 is 0 Å². The molecule has 5 heteroatoms. The molecule has 0 spiro atoms. The highest BCUT2D eigenvalue weighted by molar-refractivity contribution is 9.09. The van der Waals surface area contributed by atoms with Crippen molar-refractivity contribution < 1.29 is 13.9 Å². The summed E-state index contributed by atoms with van der Waals surface area (Å²) in [5.74, 6) is -0.634. The van der Waals surface area contributed by atoms with Gasteiger partial charge in [-0.15, -0.1) is 0 Å². The number of alkyl halides is 2. The Kier molecular flexibility index (Phi) is 6.47. The summed E-state index contributed by atoms with van der Waals surface area (Å²) in [6, 6.07) is 4.74. The minimum Gasteiger partial charge on any atom is -0.458 e. The summed E-state index contributed by atoms with van der Waals surface area (Å²) in [6.07, 6.45) is 0.806. The minimum absolute atomic E-state index is 0.0917. The van der Waals surface area contributed by atoms with Gasteiger partial charge in [0.25, 0.3) is 0 Å². The Morgan fingerprint density at radius 1 is 1.42 bits per heavy atom. The fourth-order valence-corrected chi connectivity index (χ4v) is 2.89. The zero-order chi connectivity index (χ0) is 14.5. The van der Waals surface area contributed by atoms with Gasteiger partial charge in [0.15, 0.2) is 0 Å². The highest BCUT2D eigenvalue weighted by atomic mass is 79.9. The molecule has 0 amide bonds. The maximum atomic E-state index is 13.4. The first-order valence-corrected chi connectivity index (χ1v) is 8.24. The Bertz CT molecular complexity index is 451. The molecule has 106 valence electrons. The topological polar surface area (TPSA) is 26.3 Å². The van der Waals surface area contributed by atoms with Crippen LogP contribution in [0.25, 0.3) is 0 Å². The van der Waals surface area contributed by atoms with Crippen molar-refractivity contribution in [3.8, 4) is 0 Å². The van der Waals surface area contributed by atoms with Crippen LogP contribution in [0.4, 0.5) is 4.39 Å². The van der Waals surface area contributed by atoms with Crippen LogP contribution in [-0.2, 0) is 16.0 Å². The van der Waals surface area contributed by atoms with Gasteiger partial charge in [-0.05, 0) is 37.5 Å². The third-order valence-corrected chi connectivity index (χ3v) is 4.56. The van der Waals surface area contributed by atoms with E-state index in [1.165, 1.54) is 6.07 Å². The van der Waals surface area contributed by atoms with Crippen molar-refractivity contribution in [3.63, 3.8) is 0 Å². The van der Waals surface area contributed by atoms with Gasteiger partial charge in [-0.3, -0.25) is 4.79 Å². The first-order valence-electron chi connectivity index (χ1n) is 5.99. The molecule has 1 unspecified atom stereocenters. The maximum Gasteiger partial charge on any atom is 0.310 e. The number of carbonyl (C=O) groups is 1. The van der Waals surface area contributed by atoms with Gasteiger partial charge < -0.3 is 4.74 Å². The zero-order valence-corrected chi connectivity index (χ0v) is 14.2. The smallest absolute Gasteiger partial charge is 0.310 e. The molecule has 0 heterocycles. The molecule has 1 atom stereocenters. The van der Waals surface area contributed by atoms with Crippen LogP contribution in [0.1, 0.15) is 24.5 Å². The SMILES string of the molecule is Cc1c(F)cccc1CC(=O)OC(C)(CBr)CCBr. The van der Waals surface area contributed by atoms with E-state index in [0.29, 0.717) is 22.9 Å². The Balaban J connectivity index is 2.72. The van der Waals surface area contributed by atoms with Crippen LogP contribution in [-0.4, -0.2) is 22.2 Å². The van der Waals surface area contributed by atoms with Crippen molar-refractivity contribution in [2.24, 2.45) is 0 Å². The Morgan fingerprint density at radius 2 is 2.11 bits per heavy atom. The second-order valence-corrected chi connectivity index (χ2v) is 6.05. The number of benzene rings is 1. The van der Waals surface area contributed by atoms with E-state index in [-0.39, 0.29) is 18.2 Å². The standard InChI is InChI=1S/C14H17Br2FO2/c1-10-11(4-3-5-12(10)17)8-13(18)19-14(2,9-16)6-7-15/h3-5H,6-9H2,1-2H3. The number of hydrogen-bond acceptors (Lipinski definition) is 2. The second-order valence-electron chi connectivity index (χ2n) is 4.70. The normalized spacial score (nSPS) is 13.9. The van der Waals surface area contributed by atoms with Gasteiger partial charge in [-0.1, -0.05) is 44.0 Å². The summed E-state index contributed by atoms with van der Waals surface area (Å²) < 4.78 is 18.9. The lowest BCUT2D eigenvalue weighted by Gasteiger charge is -2.27. The number of rotatable bonds is 6. The van der Waals surface area contributed by atoms with E-state index in [2.05, 4.69) is 31.9 Å². The van der Waals surface area contributed by atoms with Crippen LogP contribution in [0.3, 0.4) is 0 Å². The van der Waals surface area contributed by atoms with Gasteiger partial charge in [0, 0.05) is 10.7 Å². The molecule has 0 aromatic heterocycles. The van der Waals surface area contributed by atoms with Crippen molar-refractivity contribution in [2.75, 3.05) is 10.7 Å². The van der Waals surface area contributed by atoms with Crippen molar-refractivity contribution >= 4 is 37.8 Å². The van der Waals surface area contributed by atoms with Gasteiger partial charge in [0.05, 0.1) is 6.42 Å². The number of esters is 1. The minimum atomic E-state index is -0.540. The first kappa shape index (κ1) is 16.6. The Morgan fingerprint density at radius 3 is 2.68 bits per heavy atom. The van der Waals surface area contributed by atoms with Crippen LogP contribution >= 0.6 is 31.9 Å². The van der Waals surface area contributed by atoms with Gasteiger partial charge in [-0.2, -0.15) is 0 Å². The molecule has 0 aliphatic carbocycles. The Hall–Kier alpha value is -0.420. The predicted octanol–water partition coefficient (Wildman–Crippen LogP) is 4.16. The fraction of sp³-hybridized carbons (Fsp3) is 0.500. The average Bonchev–Trinajstić information content (AvgIpc) is 2.35. The third-order valence-electron chi connectivity index (χ3n) is 2.98. The molecule has 0 radical (unpaired) electrons. The van der Waals surface area contributed by atoms with E-state index in [1.54, 1.807) is 19.1 Å². The molecule has 1 aromatic carbocycles. The van der Waals surface area contributed by atoms with E-state index in [4.69, 9.17) is 4.74 Å². The van der Waals surface area contributed by atoms with Gasteiger partial charge >= 0.3 is 5.97 Å². The average molecular weight is 396 g/mol. The molecule has 19 heavy (non-hydrogen) atoms. The summed E-state index contributed by atoms with van der Waals surface area (Å²) in [4.78, 5) is 11.9. The second kappa shape index (κ2) is 7.39. The fourth-order valence-electron chi connectivity index (χ4n) is 1.66. The van der Waals surface area contributed by atoms with Crippen LogP contribution in [0.2, 0.25) is 0 Å². The third kappa shape index (κ3) is 4.88. The van der Waals surface area contributed by atoms with Crippen LogP contribution in [0.5, 0.6) is 0 Å². The molecule has 1 rings (SSSR count). The van der Waals surface area contributed by atoms with Crippen molar-refractivity contribution in [1.29, 1.82) is 0 Å². The quantitative estimate of drug-likeness (QED) is 0.534. The molecular formula is C14H17Br2FO2. The number of halogens is 3. The lowest BCUT2D eigenvalue weighted by Crippen LogP contribution is -2.34. The molecule has 0 bridgehead atoms. The van der Waals surface area contributed by atoms with E-state index in [0.717, 1.165) is 5.33 Å². The first-order chi connectivity index (χ1) is 8.91. The molecule has 0 saturated heterocycles. The summed E-state index contributed by atoms with van der Waals surface area (Å²) in [6.45, 7) is 3.54. The van der Waals surface area contributed by atoms with Crippen molar-refractivity contribution in [1.82, 2.24) is 0 Å². The number of carbonyl (C=O) groups excluding carboxylic acids is 1. The highest BCUT2D eigenvalue weighted by Crippen LogP contribution is 2.21. The maximum absolute atomic E-state index is 13.4.